The van der Waals surface area contributed by atoms with Crippen LogP contribution in [0.1, 0.15) is 38.6 Å². The normalized spacial score (nSPS) is 11.7. The van der Waals surface area contributed by atoms with E-state index in [1.807, 2.05) is 60.7 Å². The summed E-state index contributed by atoms with van der Waals surface area (Å²) in [6.45, 7) is 0. The smallest absolute Gasteiger partial charge is 0.170 e. The molecule has 0 spiro atoms. The molecule has 0 N–H and O–H groups in total. The lowest BCUT2D eigenvalue weighted by Crippen LogP contribution is -2.17. The van der Waals surface area contributed by atoms with Gasteiger partial charge in [0.15, 0.2) is 11.6 Å². The minimum Gasteiger partial charge on any atom is -0.294 e. The third-order valence-electron chi connectivity index (χ3n) is 4.13. The van der Waals surface area contributed by atoms with E-state index >= 15 is 0 Å². The molecule has 25 heavy (non-hydrogen) atoms. The van der Waals surface area contributed by atoms with Gasteiger partial charge in [-0.3, -0.25) is 9.59 Å². The summed E-state index contributed by atoms with van der Waals surface area (Å²) in [7, 11) is 0. The number of hydrogen-bond donors (Lipinski definition) is 0. The van der Waals surface area contributed by atoms with Crippen molar-refractivity contribution in [2.45, 2.75) is 12.3 Å². The molecule has 0 aromatic heterocycles. The summed E-state index contributed by atoms with van der Waals surface area (Å²) >= 11 is 3.38. The van der Waals surface area contributed by atoms with E-state index in [1.54, 1.807) is 24.3 Å². The summed E-state index contributed by atoms with van der Waals surface area (Å²) in [6.07, 6.45) is 0.156. The van der Waals surface area contributed by atoms with Gasteiger partial charge >= 0.3 is 0 Å². The van der Waals surface area contributed by atoms with Crippen molar-refractivity contribution in [3.8, 4) is 0 Å². The first kappa shape index (κ1) is 17.3. The second kappa shape index (κ2) is 8.04. The van der Waals surface area contributed by atoms with Crippen LogP contribution < -0.4 is 0 Å². The number of Topliss-reactive ketones (excluding diaryl/α,β-unsaturated/α-hetero) is 2. The van der Waals surface area contributed by atoms with Gasteiger partial charge in [0.2, 0.25) is 0 Å². The van der Waals surface area contributed by atoms with E-state index in [1.165, 1.54) is 0 Å². The maximum atomic E-state index is 13.1. The fraction of sp³-hybridized carbons (Fsp3) is 0.0909. The van der Waals surface area contributed by atoms with Crippen molar-refractivity contribution in [2.24, 2.45) is 0 Å². The van der Waals surface area contributed by atoms with Gasteiger partial charge in [0, 0.05) is 22.0 Å². The zero-order chi connectivity index (χ0) is 17.6. The van der Waals surface area contributed by atoms with E-state index in [0.717, 1.165) is 10.0 Å². The number of halogens is 1. The summed E-state index contributed by atoms with van der Waals surface area (Å²) in [5.74, 6) is -0.557. The monoisotopic (exact) mass is 392 g/mol. The highest BCUT2D eigenvalue weighted by Crippen LogP contribution is 2.27. The summed E-state index contributed by atoms with van der Waals surface area (Å²) in [4.78, 5) is 25.7. The Morgan fingerprint density at radius 2 is 1.28 bits per heavy atom. The van der Waals surface area contributed by atoms with E-state index in [4.69, 9.17) is 0 Å². The van der Waals surface area contributed by atoms with Crippen molar-refractivity contribution in [1.29, 1.82) is 0 Å². The second-order valence-electron chi connectivity index (χ2n) is 5.83. The molecule has 0 heterocycles. The lowest BCUT2D eigenvalue weighted by molar-refractivity contribution is 0.0893. The van der Waals surface area contributed by atoms with Crippen molar-refractivity contribution in [3.05, 3.63) is 106 Å². The minimum absolute atomic E-state index is 0.0279. The topological polar surface area (TPSA) is 34.1 Å². The van der Waals surface area contributed by atoms with Gasteiger partial charge in [-0.15, -0.1) is 0 Å². The number of benzene rings is 3. The maximum absolute atomic E-state index is 13.1. The molecule has 0 unspecified atom stereocenters. The average molecular weight is 393 g/mol. The Balaban J connectivity index is 1.91. The van der Waals surface area contributed by atoms with Gasteiger partial charge in [0.1, 0.15) is 0 Å². The third-order valence-corrected chi connectivity index (χ3v) is 4.66. The summed E-state index contributed by atoms with van der Waals surface area (Å²) in [5, 5.41) is 0. The summed E-state index contributed by atoms with van der Waals surface area (Å²) in [5.41, 5.74) is 2.10. The molecular weight excluding hydrogens is 376 g/mol. The highest BCUT2D eigenvalue weighted by Gasteiger charge is 2.25. The molecule has 0 aliphatic carbocycles. The molecule has 1 atom stereocenters. The molecule has 0 radical (unpaired) electrons. The molecular formula is C22H17BrO2. The van der Waals surface area contributed by atoms with Crippen molar-refractivity contribution in [3.63, 3.8) is 0 Å². The number of carbonyl (C=O) groups excluding carboxylic acids is 2. The van der Waals surface area contributed by atoms with Crippen LogP contribution in [0, 0.1) is 0 Å². The van der Waals surface area contributed by atoms with Gasteiger partial charge in [-0.25, -0.2) is 0 Å². The Kier molecular flexibility index (Phi) is 5.56. The van der Waals surface area contributed by atoms with Crippen molar-refractivity contribution in [2.75, 3.05) is 0 Å². The maximum Gasteiger partial charge on any atom is 0.170 e. The van der Waals surface area contributed by atoms with Crippen molar-refractivity contribution < 1.29 is 9.59 Å². The average Bonchev–Trinajstić information content (AvgIpc) is 2.67. The molecule has 0 amide bonds. The van der Waals surface area contributed by atoms with E-state index in [-0.39, 0.29) is 18.0 Å². The Labute approximate surface area is 155 Å². The molecule has 124 valence electrons. The molecule has 3 aromatic carbocycles. The van der Waals surface area contributed by atoms with Crippen LogP contribution in [0.4, 0.5) is 0 Å². The van der Waals surface area contributed by atoms with E-state index in [0.29, 0.717) is 11.1 Å². The van der Waals surface area contributed by atoms with Gasteiger partial charge < -0.3 is 0 Å². The largest absolute Gasteiger partial charge is 0.294 e. The molecule has 0 saturated carbocycles. The van der Waals surface area contributed by atoms with Gasteiger partial charge in [0.25, 0.3) is 0 Å². The first-order valence-electron chi connectivity index (χ1n) is 8.08. The second-order valence-corrected chi connectivity index (χ2v) is 6.74. The number of rotatable bonds is 6. The number of carbonyl (C=O) groups is 2. The third kappa shape index (κ3) is 4.31. The van der Waals surface area contributed by atoms with Gasteiger partial charge in [0.05, 0.1) is 5.92 Å². The van der Waals surface area contributed by atoms with Crippen molar-refractivity contribution in [1.82, 2.24) is 0 Å². The summed E-state index contributed by atoms with van der Waals surface area (Å²) < 4.78 is 0.917. The number of hydrogen-bond acceptors (Lipinski definition) is 2. The molecule has 3 rings (SSSR count). The SMILES string of the molecule is O=C(C[C@@H](C(=O)c1ccc(Br)cc1)c1ccccc1)c1ccccc1. The van der Waals surface area contributed by atoms with Crippen LogP contribution in [0.25, 0.3) is 0 Å². The Bertz CT molecular complexity index is 856. The van der Waals surface area contributed by atoms with E-state index < -0.39 is 5.92 Å². The predicted molar refractivity (Wildman–Crippen MR) is 103 cm³/mol. The van der Waals surface area contributed by atoms with Gasteiger partial charge in [-0.2, -0.15) is 0 Å². The lowest BCUT2D eigenvalue weighted by Gasteiger charge is -2.16. The molecule has 0 saturated heterocycles. The lowest BCUT2D eigenvalue weighted by atomic mass is 9.85. The molecule has 0 fully saturated rings. The zero-order valence-electron chi connectivity index (χ0n) is 13.6. The minimum atomic E-state index is -0.491. The molecule has 0 bridgehead atoms. The fourth-order valence-electron chi connectivity index (χ4n) is 2.79. The first-order chi connectivity index (χ1) is 12.1. The highest BCUT2D eigenvalue weighted by atomic mass is 79.9. The molecule has 0 aliphatic rings. The number of ketones is 2. The van der Waals surface area contributed by atoms with Crippen LogP contribution in [-0.4, -0.2) is 11.6 Å². The summed E-state index contributed by atoms with van der Waals surface area (Å²) in [6, 6.07) is 25.9. The van der Waals surface area contributed by atoms with Gasteiger partial charge in [-0.1, -0.05) is 88.7 Å². The van der Waals surface area contributed by atoms with Crippen LogP contribution in [-0.2, 0) is 0 Å². The van der Waals surface area contributed by atoms with Crippen LogP contribution in [0.2, 0.25) is 0 Å². The Hall–Kier alpha value is -2.52. The first-order valence-corrected chi connectivity index (χ1v) is 8.87. The Morgan fingerprint density at radius 3 is 1.88 bits per heavy atom. The van der Waals surface area contributed by atoms with Crippen LogP contribution in [0.5, 0.6) is 0 Å². The van der Waals surface area contributed by atoms with E-state index in [9.17, 15) is 9.59 Å². The standard InChI is InChI=1S/C22H17BrO2/c23-19-13-11-18(12-14-19)22(25)20(16-7-3-1-4-8-16)15-21(24)17-9-5-2-6-10-17/h1-14,20H,15H2/t20-/m1/s1. The molecule has 2 nitrogen and oxygen atoms in total. The van der Waals surface area contributed by atoms with Crippen LogP contribution >= 0.6 is 15.9 Å². The fourth-order valence-corrected chi connectivity index (χ4v) is 3.05. The predicted octanol–water partition coefficient (Wildman–Crippen LogP) is 5.69. The van der Waals surface area contributed by atoms with Crippen LogP contribution in [0.3, 0.4) is 0 Å². The van der Waals surface area contributed by atoms with Gasteiger partial charge in [-0.05, 0) is 17.7 Å². The van der Waals surface area contributed by atoms with Crippen LogP contribution in [0.15, 0.2) is 89.4 Å². The Morgan fingerprint density at radius 1 is 0.720 bits per heavy atom. The molecule has 3 heteroatoms. The van der Waals surface area contributed by atoms with E-state index in [2.05, 4.69) is 15.9 Å². The molecule has 0 aliphatic heterocycles. The zero-order valence-corrected chi connectivity index (χ0v) is 15.1. The molecule has 3 aromatic rings. The van der Waals surface area contributed by atoms with Crippen molar-refractivity contribution >= 4 is 27.5 Å². The highest BCUT2D eigenvalue weighted by molar-refractivity contribution is 9.10. The quantitative estimate of drug-likeness (QED) is 0.505.